The Labute approximate surface area is 114 Å². The minimum atomic E-state index is 0.552. The highest BCUT2D eigenvalue weighted by atomic mass is 79.9. The van der Waals surface area contributed by atoms with Crippen LogP contribution in [0.5, 0.6) is 0 Å². The minimum absolute atomic E-state index is 0.552. The summed E-state index contributed by atoms with van der Waals surface area (Å²) in [6.45, 7) is 1.69. The number of rotatable bonds is 3. The SMILES string of the molecule is Clc1nc(CC2CCOC2)nc(C2CC2)c1Br. The molecule has 2 heterocycles. The van der Waals surface area contributed by atoms with E-state index in [0.29, 0.717) is 17.0 Å². The maximum absolute atomic E-state index is 6.15. The highest BCUT2D eigenvalue weighted by Crippen LogP contribution is 2.43. The lowest BCUT2D eigenvalue weighted by Gasteiger charge is -2.10. The van der Waals surface area contributed by atoms with E-state index in [4.69, 9.17) is 16.3 Å². The standard InChI is InChI=1S/C12H14BrClN2O/c13-10-11(8-1-2-8)15-9(16-12(10)14)5-7-3-4-17-6-7/h7-8H,1-6H2. The van der Waals surface area contributed by atoms with Crippen LogP contribution in [-0.4, -0.2) is 23.2 Å². The summed E-state index contributed by atoms with van der Waals surface area (Å²) in [6, 6.07) is 0. The van der Waals surface area contributed by atoms with Gasteiger partial charge in [-0.3, -0.25) is 0 Å². The molecule has 5 heteroatoms. The zero-order valence-corrected chi connectivity index (χ0v) is 11.8. The molecule has 1 atom stereocenters. The Morgan fingerprint density at radius 1 is 1.29 bits per heavy atom. The molecule has 17 heavy (non-hydrogen) atoms. The van der Waals surface area contributed by atoms with Crippen LogP contribution in [0.4, 0.5) is 0 Å². The Kier molecular flexibility index (Phi) is 3.37. The first-order chi connectivity index (χ1) is 8.24. The first-order valence-electron chi connectivity index (χ1n) is 6.03. The molecule has 92 valence electrons. The fraction of sp³-hybridized carbons (Fsp3) is 0.667. The van der Waals surface area contributed by atoms with Gasteiger partial charge in [-0.25, -0.2) is 9.97 Å². The van der Waals surface area contributed by atoms with Crippen LogP contribution in [-0.2, 0) is 11.2 Å². The molecule has 1 aliphatic heterocycles. The van der Waals surface area contributed by atoms with Gasteiger partial charge in [0.15, 0.2) is 0 Å². The molecule has 0 amide bonds. The highest BCUT2D eigenvalue weighted by Gasteiger charge is 2.29. The van der Waals surface area contributed by atoms with Gasteiger partial charge >= 0.3 is 0 Å². The van der Waals surface area contributed by atoms with Crippen molar-refractivity contribution in [1.29, 1.82) is 0 Å². The second kappa shape index (κ2) is 4.82. The molecule has 2 aliphatic rings. The Morgan fingerprint density at radius 3 is 2.76 bits per heavy atom. The Bertz CT molecular complexity index is 431. The molecule has 3 rings (SSSR count). The summed E-state index contributed by atoms with van der Waals surface area (Å²) in [5.74, 6) is 2.01. The van der Waals surface area contributed by atoms with Gasteiger partial charge in [-0.2, -0.15) is 0 Å². The van der Waals surface area contributed by atoms with Crippen molar-refractivity contribution in [2.45, 2.75) is 31.6 Å². The van der Waals surface area contributed by atoms with Crippen LogP contribution in [0, 0.1) is 5.92 Å². The monoisotopic (exact) mass is 316 g/mol. The third-order valence-electron chi connectivity index (χ3n) is 3.34. The van der Waals surface area contributed by atoms with E-state index in [1.165, 1.54) is 12.8 Å². The minimum Gasteiger partial charge on any atom is -0.381 e. The fourth-order valence-corrected chi connectivity index (χ4v) is 2.90. The van der Waals surface area contributed by atoms with E-state index in [0.717, 1.165) is 42.0 Å². The van der Waals surface area contributed by atoms with Crippen LogP contribution in [0.1, 0.15) is 36.7 Å². The second-order valence-electron chi connectivity index (χ2n) is 4.84. The van der Waals surface area contributed by atoms with Gasteiger partial charge in [0, 0.05) is 25.6 Å². The van der Waals surface area contributed by atoms with Crippen LogP contribution in [0.3, 0.4) is 0 Å². The molecule has 1 aliphatic carbocycles. The summed E-state index contributed by atoms with van der Waals surface area (Å²) in [4.78, 5) is 9.02. The Balaban J connectivity index is 1.83. The molecular formula is C12H14BrClN2O. The van der Waals surface area contributed by atoms with Crippen molar-refractivity contribution in [3.63, 3.8) is 0 Å². The number of nitrogens with zero attached hydrogens (tertiary/aromatic N) is 2. The molecule has 0 aromatic carbocycles. The van der Waals surface area contributed by atoms with Crippen molar-refractivity contribution in [2.75, 3.05) is 13.2 Å². The van der Waals surface area contributed by atoms with E-state index >= 15 is 0 Å². The molecule has 1 unspecified atom stereocenters. The maximum Gasteiger partial charge on any atom is 0.147 e. The van der Waals surface area contributed by atoms with E-state index in [-0.39, 0.29) is 0 Å². The Morgan fingerprint density at radius 2 is 2.12 bits per heavy atom. The third-order valence-corrected chi connectivity index (χ3v) is 4.63. The van der Waals surface area contributed by atoms with E-state index in [2.05, 4.69) is 25.9 Å². The van der Waals surface area contributed by atoms with Crippen molar-refractivity contribution in [1.82, 2.24) is 9.97 Å². The topological polar surface area (TPSA) is 35.0 Å². The van der Waals surface area contributed by atoms with Crippen molar-refractivity contribution in [3.05, 3.63) is 21.1 Å². The van der Waals surface area contributed by atoms with Gasteiger partial charge in [-0.15, -0.1) is 0 Å². The lowest BCUT2D eigenvalue weighted by atomic mass is 10.0. The smallest absolute Gasteiger partial charge is 0.147 e. The summed E-state index contributed by atoms with van der Waals surface area (Å²) in [5, 5.41) is 0.552. The van der Waals surface area contributed by atoms with Crippen LogP contribution in [0.2, 0.25) is 5.15 Å². The van der Waals surface area contributed by atoms with E-state index in [1.807, 2.05) is 0 Å². The maximum atomic E-state index is 6.15. The van der Waals surface area contributed by atoms with Crippen molar-refractivity contribution >= 4 is 27.5 Å². The number of aromatic nitrogens is 2. The first kappa shape index (κ1) is 11.9. The highest BCUT2D eigenvalue weighted by molar-refractivity contribution is 9.10. The molecule has 1 saturated carbocycles. The van der Waals surface area contributed by atoms with Crippen molar-refractivity contribution in [2.24, 2.45) is 5.92 Å². The van der Waals surface area contributed by atoms with Crippen molar-refractivity contribution in [3.8, 4) is 0 Å². The summed E-state index contributed by atoms with van der Waals surface area (Å²) in [7, 11) is 0. The van der Waals surface area contributed by atoms with Gasteiger partial charge in [0.05, 0.1) is 10.2 Å². The number of halogens is 2. The van der Waals surface area contributed by atoms with Gasteiger partial charge in [0.2, 0.25) is 0 Å². The lowest BCUT2D eigenvalue weighted by molar-refractivity contribution is 0.185. The average Bonchev–Trinajstić information content (AvgIpc) is 3.02. The average molecular weight is 318 g/mol. The molecule has 0 bridgehead atoms. The number of hydrogen-bond donors (Lipinski definition) is 0. The van der Waals surface area contributed by atoms with Gasteiger partial charge in [-0.1, -0.05) is 11.6 Å². The molecule has 1 aromatic heterocycles. The molecule has 1 saturated heterocycles. The molecule has 3 nitrogen and oxygen atoms in total. The van der Waals surface area contributed by atoms with Crippen LogP contribution >= 0.6 is 27.5 Å². The van der Waals surface area contributed by atoms with Gasteiger partial charge in [0.25, 0.3) is 0 Å². The normalized spacial score (nSPS) is 24.2. The van der Waals surface area contributed by atoms with E-state index in [1.54, 1.807) is 0 Å². The molecule has 2 fully saturated rings. The van der Waals surface area contributed by atoms with Crippen LogP contribution in [0.25, 0.3) is 0 Å². The summed E-state index contributed by atoms with van der Waals surface area (Å²) in [5.41, 5.74) is 1.10. The predicted molar refractivity (Wildman–Crippen MR) is 69.3 cm³/mol. The van der Waals surface area contributed by atoms with Gasteiger partial charge in [-0.05, 0) is 41.1 Å². The summed E-state index contributed by atoms with van der Waals surface area (Å²) >= 11 is 9.63. The molecule has 1 aromatic rings. The number of hydrogen-bond acceptors (Lipinski definition) is 3. The zero-order chi connectivity index (χ0) is 11.8. The predicted octanol–water partition coefficient (Wildman–Crippen LogP) is 3.35. The van der Waals surface area contributed by atoms with Crippen molar-refractivity contribution < 1.29 is 4.74 Å². The van der Waals surface area contributed by atoms with E-state index in [9.17, 15) is 0 Å². The third kappa shape index (κ3) is 2.64. The Hall–Kier alpha value is -0.190. The van der Waals surface area contributed by atoms with Crippen LogP contribution < -0.4 is 0 Å². The number of ether oxygens (including phenoxy) is 1. The molecule has 0 radical (unpaired) electrons. The van der Waals surface area contributed by atoms with Gasteiger partial charge in [0.1, 0.15) is 11.0 Å². The van der Waals surface area contributed by atoms with Gasteiger partial charge < -0.3 is 4.74 Å². The molecular weight excluding hydrogens is 304 g/mol. The fourth-order valence-electron chi connectivity index (χ4n) is 2.20. The first-order valence-corrected chi connectivity index (χ1v) is 7.20. The zero-order valence-electron chi connectivity index (χ0n) is 9.46. The van der Waals surface area contributed by atoms with E-state index < -0.39 is 0 Å². The molecule has 0 N–H and O–H groups in total. The summed E-state index contributed by atoms with van der Waals surface area (Å²) in [6.07, 6.45) is 4.43. The second-order valence-corrected chi connectivity index (χ2v) is 5.99. The van der Waals surface area contributed by atoms with Crippen LogP contribution in [0.15, 0.2) is 4.47 Å². The lowest BCUT2D eigenvalue weighted by Crippen LogP contribution is -2.09. The molecule has 0 spiro atoms. The quantitative estimate of drug-likeness (QED) is 0.802. The largest absolute Gasteiger partial charge is 0.381 e. The summed E-state index contributed by atoms with van der Waals surface area (Å²) < 4.78 is 6.26.